The molecule has 0 bridgehead atoms. The molecule has 3 aromatic carbocycles. The van der Waals surface area contributed by atoms with E-state index < -0.39 is 21.4 Å². The van der Waals surface area contributed by atoms with E-state index >= 15 is 0 Å². The molecule has 1 unspecified atom stereocenters. The van der Waals surface area contributed by atoms with E-state index in [0.29, 0.717) is 71.4 Å². The fourth-order valence-corrected chi connectivity index (χ4v) is 8.31. The normalized spacial score (nSPS) is 20.2. The van der Waals surface area contributed by atoms with Gasteiger partial charge < -0.3 is 43.4 Å². The lowest BCUT2D eigenvalue weighted by atomic mass is 9.85. The molecule has 11 nitrogen and oxygen atoms in total. The Balaban J connectivity index is 1.51. The van der Waals surface area contributed by atoms with Crippen molar-refractivity contribution in [2.75, 3.05) is 84.9 Å². The summed E-state index contributed by atoms with van der Waals surface area (Å²) in [5, 5.41) is 3.48. The molecule has 12 heteroatoms. The number of hydrogen-bond donors (Lipinski definition) is 1. The monoisotopic (exact) mass is 740 g/mol. The molecule has 1 saturated heterocycles. The van der Waals surface area contributed by atoms with Crippen molar-refractivity contribution in [1.29, 1.82) is 0 Å². The van der Waals surface area contributed by atoms with Gasteiger partial charge in [0.05, 0.1) is 61.9 Å². The Morgan fingerprint density at radius 2 is 1.69 bits per heavy atom. The van der Waals surface area contributed by atoms with Gasteiger partial charge >= 0.3 is 0 Å². The van der Waals surface area contributed by atoms with Gasteiger partial charge in [-0.25, -0.2) is 8.42 Å². The quantitative estimate of drug-likeness (QED) is 0.149. The van der Waals surface area contributed by atoms with E-state index in [0.717, 1.165) is 41.1 Å². The predicted octanol–water partition coefficient (Wildman–Crippen LogP) is 5.45. The molecule has 5 rings (SSSR count). The minimum absolute atomic E-state index is 0.0993. The Morgan fingerprint density at radius 1 is 0.942 bits per heavy atom. The highest BCUT2D eigenvalue weighted by Crippen LogP contribution is 2.41. The van der Waals surface area contributed by atoms with Crippen LogP contribution in [-0.4, -0.2) is 107 Å². The maximum Gasteiger partial charge on any atom is 0.209 e. The van der Waals surface area contributed by atoms with E-state index in [-0.39, 0.29) is 23.0 Å². The van der Waals surface area contributed by atoms with Crippen molar-refractivity contribution < 1.29 is 41.6 Å². The Labute approximate surface area is 309 Å². The van der Waals surface area contributed by atoms with Crippen molar-refractivity contribution >= 4 is 15.5 Å². The van der Waals surface area contributed by atoms with Crippen molar-refractivity contribution in [2.24, 2.45) is 0 Å². The van der Waals surface area contributed by atoms with Crippen molar-refractivity contribution in [3.05, 3.63) is 89.0 Å². The number of nitrogens with one attached hydrogen (secondary N) is 1. The van der Waals surface area contributed by atoms with Crippen LogP contribution in [0.3, 0.4) is 0 Å². The smallest absolute Gasteiger partial charge is 0.209 e. The molecule has 2 heterocycles. The number of piperidine rings is 1. The lowest BCUT2D eigenvalue weighted by Gasteiger charge is -2.40. The number of rotatable bonds is 20. The summed E-state index contributed by atoms with van der Waals surface area (Å²) in [4.78, 5) is 2.43. The lowest BCUT2D eigenvalue weighted by Crippen LogP contribution is -2.51. The van der Waals surface area contributed by atoms with Gasteiger partial charge in [0.2, 0.25) is 9.84 Å². The molecule has 0 radical (unpaired) electrons. The lowest BCUT2D eigenvalue weighted by molar-refractivity contribution is -0.0869. The number of fused-ring (bicyclic) bond motifs is 1. The van der Waals surface area contributed by atoms with Crippen molar-refractivity contribution in [1.82, 2.24) is 5.32 Å². The van der Waals surface area contributed by atoms with Gasteiger partial charge in [0.1, 0.15) is 12.4 Å². The number of hydrogen-bond acceptors (Lipinski definition) is 11. The highest BCUT2D eigenvalue weighted by Gasteiger charge is 2.41. The van der Waals surface area contributed by atoms with Gasteiger partial charge in [-0.1, -0.05) is 48.0 Å². The molecular weight excluding hydrogens is 685 g/mol. The molecule has 1 N–H and O–H groups in total. The average molecular weight is 741 g/mol. The van der Waals surface area contributed by atoms with Gasteiger partial charge in [0.15, 0.2) is 5.44 Å². The van der Waals surface area contributed by atoms with Crippen LogP contribution in [0.15, 0.2) is 71.6 Å². The van der Waals surface area contributed by atoms with Crippen LogP contribution in [0.5, 0.6) is 5.75 Å². The zero-order chi connectivity index (χ0) is 36.9. The van der Waals surface area contributed by atoms with Crippen LogP contribution in [0, 0.1) is 6.92 Å². The van der Waals surface area contributed by atoms with E-state index in [1.54, 1.807) is 26.4 Å². The molecule has 2 aliphatic rings. The van der Waals surface area contributed by atoms with E-state index in [9.17, 15) is 8.42 Å². The third-order valence-electron chi connectivity index (χ3n) is 9.47. The minimum atomic E-state index is -4.03. The molecule has 0 aromatic heterocycles. The maximum atomic E-state index is 14.7. The molecule has 286 valence electrons. The molecule has 0 amide bonds. The van der Waals surface area contributed by atoms with Crippen molar-refractivity contribution in [3.63, 3.8) is 0 Å². The molecular formula is C40H56N2O9S. The second kappa shape index (κ2) is 19.8. The fourth-order valence-electron chi connectivity index (χ4n) is 6.76. The van der Waals surface area contributed by atoms with Crippen molar-refractivity contribution in [3.8, 4) is 5.75 Å². The Morgan fingerprint density at radius 3 is 2.42 bits per heavy atom. The fraction of sp³-hybridized carbons (Fsp3) is 0.550. The van der Waals surface area contributed by atoms with Gasteiger partial charge in [-0.15, -0.1) is 0 Å². The third kappa shape index (κ3) is 10.5. The summed E-state index contributed by atoms with van der Waals surface area (Å²) in [5.41, 5.74) is 3.08. The number of ether oxygens (including phenoxy) is 7. The highest BCUT2D eigenvalue weighted by atomic mass is 32.2. The first-order chi connectivity index (χ1) is 25.2. The Kier molecular flexibility index (Phi) is 15.3. The molecule has 2 aliphatic heterocycles. The van der Waals surface area contributed by atoms with Crippen LogP contribution in [0.2, 0.25) is 0 Å². The Hall–Kier alpha value is -3.07. The molecule has 5 atom stereocenters. The molecule has 52 heavy (non-hydrogen) atoms. The van der Waals surface area contributed by atoms with Crippen LogP contribution >= 0.6 is 0 Å². The van der Waals surface area contributed by atoms with E-state index in [4.69, 9.17) is 33.2 Å². The average Bonchev–Trinajstić information content (AvgIpc) is 3.15. The number of anilines is 1. The standard InChI is InChI=1S/C40H56N2O9S/c1-6-48-30(3)27-50-37-25-41-26-38(39(37)32-12-10-31(11-13-32)28-47-23-22-46-5)51-40(52(43,44)34-15-8-29(2)9-16-34)33-14-17-36-35(24-33)42(19-21-49-36)18-7-20-45-4/h8-17,24,30,37-41H,6-7,18-23,25-28H2,1-5H3/t30-,37-,38+,39-,40?/m1/s1. The second-order valence-electron chi connectivity index (χ2n) is 13.4. The molecule has 3 aromatic rings. The number of aryl methyl sites for hydroxylation is 1. The van der Waals surface area contributed by atoms with Gasteiger partial charge in [-0.2, -0.15) is 0 Å². The summed E-state index contributed by atoms with van der Waals surface area (Å²) >= 11 is 0. The molecule has 0 aliphatic carbocycles. The molecule has 1 fully saturated rings. The van der Waals surface area contributed by atoms with Crippen LogP contribution < -0.4 is 15.0 Å². The summed E-state index contributed by atoms with van der Waals surface area (Å²) in [6.07, 6.45) is -0.127. The SMILES string of the molecule is CCO[C@H](C)CO[C@@H]1CNC[C@H](OC(c2ccc3c(c2)N(CCCOC)CCO3)S(=O)(=O)c2ccc(C)cc2)[C@@H]1c1ccc(COCCOC)cc1. The first-order valence-electron chi connectivity index (χ1n) is 18.3. The van der Waals surface area contributed by atoms with Gasteiger partial charge in [-0.3, -0.25) is 0 Å². The Bertz CT molecular complexity index is 1620. The van der Waals surface area contributed by atoms with Crippen LogP contribution in [-0.2, 0) is 44.9 Å². The summed E-state index contributed by atoms with van der Waals surface area (Å²) in [7, 11) is -0.685. The van der Waals surface area contributed by atoms with E-state index in [1.807, 2.05) is 63.2 Å². The minimum Gasteiger partial charge on any atom is -0.490 e. The number of benzene rings is 3. The second-order valence-corrected chi connectivity index (χ2v) is 15.4. The molecule has 0 spiro atoms. The van der Waals surface area contributed by atoms with Gasteiger partial charge in [-0.05, 0) is 68.1 Å². The topological polar surface area (TPSA) is 114 Å². The number of methoxy groups -OCH3 is 2. The number of nitrogens with zero attached hydrogens (tertiary/aromatic N) is 1. The summed E-state index contributed by atoms with van der Waals surface area (Å²) in [6, 6.07) is 20.8. The van der Waals surface area contributed by atoms with Gasteiger partial charge in [0, 0.05) is 53.0 Å². The van der Waals surface area contributed by atoms with Crippen LogP contribution in [0.1, 0.15) is 53.9 Å². The molecule has 0 saturated carbocycles. The largest absolute Gasteiger partial charge is 0.490 e. The summed E-state index contributed by atoms with van der Waals surface area (Å²) < 4.78 is 70.8. The van der Waals surface area contributed by atoms with Crippen LogP contribution in [0.4, 0.5) is 5.69 Å². The summed E-state index contributed by atoms with van der Waals surface area (Å²) in [5.74, 6) is 0.444. The zero-order valence-electron chi connectivity index (χ0n) is 31.3. The highest BCUT2D eigenvalue weighted by molar-refractivity contribution is 7.91. The predicted molar refractivity (Wildman–Crippen MR) is 201 cm³/mol. The van der Waals surface area contributed by atoms with Crippen molar-refractivity contribution in [2.45, 2.75) is 68.4 Å². The van der Waals surface area contributed by atoms with E-state index in [2.05, 4.69) is 22.3 Å². The van der Waals surface area contributed by atoms with Gasteiger partial charge in [0.25, 0.3) is 0 Å². The first-order valence-corrected chi connectivity index (χ1v) is 19.9. The third-order valence-corrected chi connectivity index (χ3v) is 11.4. The first kappa shape index (κ1) is 40.1. The van der Waals surface area contributed by atoms with E-state index in [1.165, 1.54) is 0 Å². The summed E-state index contributed by atoms with van der Waals surface area (Å²) in [6.45, 7) is 12.0. The van der Waals surface area contributed by atoms with Crippen LogP contribution in [0.25, 0.3) is 0 Å². The maximum absolute atomic E-state index is 14.7. The zero-order valence-corrected chi connectivity index (χ0v) is 32.1. The number of sulfone groups is 1.